The molecule has 130 valence electrons. The normalized spacial score (nSPS) is 11.2. The first-order valence-electron chi connectivity index (χ1n) is 8.07. The topological polar surface area (TPSA) is 75.4 Å². The van der Waals surface area contributed by atoms with E-state index in [4.69, 9.17) is 9.47 Å². The zero-order valence-corrected chi connectivity index (χ0v) is 14.3. The van der Waals surface area contributed by atoms with E-state index < -0.39 is 17.7 Å². The molecular formula is C17H23N3O4. The zero-order chi connectivity index (χ0) is 17.5. The number of para-hydroxylation sites is 1. The van der Waals surface area contributed by atoms with Crippen molar-refractivity contribution in [3.63, 3.8) is 0 Å². The summed E-state index contributed by atoms with van der Waals surface area (Å²) in [4.78, 5) is 28.8. The third-order valence-corrected chi connectivity index (χ3v) is 3.54. The largest absolute Gasteiger partial charge is 0.353 e. The van der Waals surface area contributed by atoms with Crippen molar-refractivity contribution in [2.45, 2.75) is 40.0 Å². The number of aromatic nitrogens is 3. The molecule has 24 heavy (non-hydrogen) atoms. The van der Waals surface area contributed by atoms with E-state index in [1.165, 1.54) is 4.57 Å². The lowest BCUT2D eigenvalue weighted by molar-refractivity contribution is -0.141. The summed E-state index contributed by atoms with van der Waals surface area (Å²) in [5.74, 6) is 0.360. The molecule has 0 aliphatic carbocycles. The fourth-order valence-electron chi connectivity index (χ4n) is 2.48. The molecule has 7 heteroatoms. The van der Waals surface area contributed by atoms with Crippen molar-refractivity contribution in [2.75, 3.05) is 13.2 Å². The van der Waals surface area contributed by atoms with Crippen molar-refractivity contribution in [3.8, 4) is 5.69 Å². The molecule has 0 spiro atoms. The minimum atomic E-state index is -0.559. The number of aryl methyl sites for hydroxylation is 1. The molecule has 7 nitrogen and oxygen atoms in total. The second kappa shape index (κ2) is 8.56. The van der Waals surface area contributed by atoms with Crippen LogP contribution in [0.25, 0.3) is 5.69 Å². The minimum Gasteiger partial charge on any atom is -0.353 e. The van der Waals surface area contributed by atoms with Crippen LogP contribution in [0.15, 0.2) is 39.9 Å². The molecule has 0 aliphatic rings. The minimum absolute atomic E-state index is 0.183. The van der Waals surface area contributed by atoms with Gasteiger partial charge in [-0.25, -0.2) is 18.7 Å². The number of rotatable bonds is 8. The average Bonchev–Trinajstić information content (AvgIpc) is 2.55. The molecule has 1 aromatic carbocycles. The summed E-state index contributed by atoms with van der Waals surface area (Å²) in [6, 6.07) is 9.12. The second-order valence-electron chi connectivity index (χ2n) is 5.18. The average molecular weight is 333 g/mol. The van der Waals surface area contributed by atoms with Crippen LogP contribution in [0.4, 0.5) is 0 Å². The highest BCUT2D eigenvalue weighted by molar-refractivity contribution is 5.31. The molecule has 0 radical (unpaired) electrons. The fourth-order valence-corrected chi connectivity index (χ4v) is 2.48. The van der Waals surface area contributed by atoms with Crippen LogP contribution in [-0.4, -0.2) is 33.6 Å². The summed E-state index contributed by atoms with van der Waals surface area (Å²) in [5, 5.41) is 0. The molecule has 1 aromatic heterocycles. The van der Waals surface area contributed by atoms with Gasteiger partial charge in [-0.2, -0.15) is 4.98 Å². The molecule has 0 unspecified atom stereocenters. The molecule has 0 bridgehead atoms. The SMILES string of the molecule is CCOC(CCn1c(=O)nc(C)n(-c2ccccc2)c1=O)OCC. The lowest BCUT2D eigenvalue weighted by Gasteiger charge is -2.17. The lowest BCUT2D eigenvalue weighted by Crippen LogP contribution is -2.43. The van der Waals surface area contributed by atoms with Crippen molar-refractivity contribution < 1.29 is 9.47 Å². The van der Waals surface area contributed by atoms with Crippen molar-refractivity contribution in [3.05, 3.63) is 57.1 Å². The highest BCUT2D eigenvalue weighted by Gasteiger charge is 2.14. The Kier molecular flexibility index (Phi) is 6.45. The Hall–Kier alpha value is -2.25. The Balaban J connectivity index is 2.34. The fraction of sp³-hybridized carbons (Fsp3) is 0.471. The number of ether oxygens (including phenoxy) is 2. The first-order chi connectivity index (χ1) is 11.6. The van der Waals surface area contributed by atoms with Crippen molar-refractivity contribution in [2.24, 2.45) is 0 Å². The van der Waals surface area contributed by atoms with Crippen LogP contribution in [0, 0.1) is 6.92 Å². The summed E-state index contributed by atoms with van der Waals surface area (Å²) >= 11 is 0. The Morgan fingerprint density at radius 3 is 2.29 bits per heavy atom. The summed E-state index contributed by atoms with van der Waals surface area (Å²) < 4.78 is 13.5. The van der Waals surface area contributed by atoms with Gasteiger partial charge in [0.05, 0.1) is 5.69 Å². The van der Waals surface area contributed by atoms with E-state index >= 15 is 0 Å². The van der Waals surface area contributed by atoms with Gasteiger partial charge in [-0.3, -0.25) is 0 Å². The highest BCUT2D eigenvalue weighted by Crippen LogP contribution is 2.06. The van der Waals surface area contributed by atoms with Gasteiger partial charge < -0.3 is 9.47 Å². The standard InChI is InChI=1S/C17H23N3O4/c1-4-23-15(24-5-2)11-12-19-16(21)18-13(3)20(17(19)22)14-9-7-6-8-10-14/h6-10,15H,4-5,11-12H2,1-3H3. The van der Waals surface area contributed by atoms with E-state index in [0.717, 1.165) is 4.57 Å². The Labute approximate surface area is 140 Å². The van der Waals surface area contributed by atoms with Crippen LogP contribution >= 0.6 is 0 Å². The molecule has 1 heterocycles. The van der Waals surface area contributed by atoms with Crippen LogP contribution in [-0.2, 0) is 16.0 Å². The van der Waals surface area contributed by atoms with Gasteiger partial charge in [-0.15, -0.1) is 0 Å². The van der Waals surface area contributed by atoms with Gasteiger partial charge >= 0.3 is 11.4 Å². The number of nitrogens with zero attached hydrogens (tertiary/aromatic N) is 3. The third-order valence-electron chi connectivity index (χ3n) is 3.54. The molecule has 0 saturated carbocycles. The van der Waals surface area contributed by atoms with Crippen molar-refractivity contribution >= 4 is 0 Å². The van der Waals surface area contributed by atoms with Crippen LogP contribution in [0.2, 0.25) is 0 Å². The summed E-state index contributed by atoms with van der Waals surface area (Å²) in [7, 11) is 0. The Morgan fingerprint density at radius 2 is 1.71 bits per heavy atom. The quantitative estimate of drug-likeness (QED) is 0.684. The van der Waals surface area contributed by atoms with Gasteiger partial charge in [0.1, 0.15) is 5.82 Å². The van der Waals surface area contributed by atoms with E-state index in [0.29, 0.717) is 31.1 Å². The monoisotopic (exact) mass is 333 g/mol. The predicted octanol–water partition coefficient (Wildman–Crippen LogP) is 1.49. The van der Waals surface area contributed by atoms with Crippen LogP contribution < -0.4 is 11.4 Å². The van der Waals surface area contributed by atoms with Crippen LogP contribution in [0.1, 0.15) is 26.1 Å². The number of benzene rings is 1. The molecule has 0 aliphatic heterocycles. The van der Waals surface area contributed by atoms with Gasteiger partial charge in [0, 0.05) is 26.2 Å². The number of hydrogen-bond donors (Lipinski definition) is 0. The highest BCUT2D eigenvalue weighted by atomic mass is 16.7. The Morgan fingerprint density at radius 1 is 1.08 bits per heavy atom. The molecule has 0 fully saturated rings. The van der Waals surface area contributed by atoms with Crippen LogP contribution in [0.5, 0.6) is 0 Å². The molecule has 2 rings (SSSR count). The first kappa shape index (κ1) is 18.1. The summed E-state index contributed by atoms with van der Waals surface area (Å²) in [6.45, 7) is 6.56. The van der Waals surface area contributed by atoms with Crippen molar-refractivity contribution in [1.82, 2.24) is 14.1 Å². The van der Waals surface area contributed by atoms with Gasteiger partial charge in [-0.1, -0.05) is 18.2 Å². The molecule has 0 saturated heterocycles. The van der Waals surface area contributed by atoms with E-state index in [1.54, 1.807) is 19.1 Å². The maximum Gasteiger partial charge on any atom is 0.353 e. The molecule has 0 amide bonds. The predicted molar refractivity (Wildman–Crippen MR) is 90.5 cm³/mol. The van der Waals surface area contributed by atoms with Gasteiger partial charge in [0.2, 0.25) is 0 Å². The Bertz CT molecular complexity index is 762. The maximum absolute atomic E-state index is 12.7. The third kappa shape index (κ3) is 4.18. The lowest BCUT2D eigenvalue weighted by atomic mass is 10.3. The second-order valence-corrected chi connectivity index (χ2v) is 5.18. The molecule has 0 atom stereocenters. The maximum atomic E-state index is 12.7. The van der Waals surface area contributed by atoms with Gasteiger partial charge in [0.25, 0.3) is 0 Å². The van der Waals surface area contributed by atoms with E-state index in [1.807, 2.05) is 32.0 Å². The van der Waals surface area contributed by atoms with E-state index in [9.17, 15) is 9.59 Å². The van der Waals surface area contributed by atoms with E-state index in [-0.39, 0.29) is 6.54 Å². The summed E-state index contributed by atoms with van der Waals surface area (Å²) in [6.07, 6.45) is -0.0473. The molecule has 0 N–H and O–H groups in total. The van der Waals surface area contributed by atoms with Crippen molar-refractivity contribution in [1.29, 1.82) is 0 Å². The molecular weight excluding hydrogens is 310 g/mol. The van der Waals surface area contributed by atoms with Gasteiger partial charge in [0.15, 0.2) is 6.29 Å². The smallest absolute Gasteiger partial charge is 0.353 e. The van der Waals surface area contributed by atoms with E-state index in [2.05, 4.69) is 4.98 Å². The zero-order valence-electron chi connectivity index (χ0n) is 14.3. The van der Waals surface area contributed by atoms with Gasteiger partial charge in [-0.05, 0) is 32.9 Å². The van der Waals surface area contributed by atoms with Crippen LogP contribution in [0.3, 0.4) is 0 Å². The molecule has 2 aromatic rings. The first-order valence-corrected chi connectivity index (χ1v) is 8.07. The number of hydrogen-bond acceptors (Lipinski definition) is 5. The summed E-state index contributed by atoms with van der Waals surface area (Å²) in [5.41, 5.74) is -0.297.